The smallest absolute Gasteiger partial charge is 0.298 e. The molecule has 5 heteroatoms. The summed E-state index contributed by atoms with van der Waals surface area (Å²) in [6.45, 7) is 0.539. The first-order valence-electron chi connectivity index (χ1n) is 4.69. The number of para-hydroxylation sites is 1. The number of aromatic nitrogens is 1. The summed E-state index contributed by atoms with van der Waals surface area (Å²) in [7, 11) is 1.80. The lowest BCUT2D eigenvalue weighted by Crippen LogP contribution is -2.21. The standard InChI is InChI=1S/C10H13N3O2/c1-13(5-6-14)10-12-9-7(11)3-2-4-8(9)15-10/h2-4,14H,5-6,11H2,1H3. The van der Waals surface area contributed by atoms with Crippen molar-refractivity contribution < 1.29 is 9.52 Å². The van der Waals surface area contributed by atoms with Crippen LogP contribution in [-0.4, -0.2) is 30.3 Å². The lowest BCUT2D eigenvalue weighted by atomic mass is 10.3. The number of aliphatic hydroxyl groups is 1. The van der Waals surface area contributed by atoms with E-state index in [1.807, 2.05) is 12.1 Å². The molecule has 0 atom stereocenters. The molecule has 0 saturated heterocycles. The Hall–Kier alpha value is -1.75. The lowest BCUT2D eigenvalue weighted by molar-refractivity contribution is 0.301. The van der Waals surface area contributed by atoms with Crippen molar-refractivity contribution in [3.8, 4) is 0 Å². The number of nitrogen functional groups attached to an aromatic ring is 1. The number of hydrogen-bond donors (Lipinski definition) is 2. The van der Waals surface area contributed by atoms with Crippen molar-refractivity contribution in [1.82, 2.24) is 4.98 Å². The van der Waals surface area contributed by atoms with Crippen LogP contribution in [0.3, 0.4) is 0 Å². The van der Waals surface area contributed by atoms with Gasteiger partial charge in [-0.3, -0.25) is 0 Å². The maximum atomic E-state index is 8.79. The van der Waals surface area contributed by atoms with Crippen LogP contribution >= 0.6 is 0 Å². The second-order valence-corrected chi connectivity index (χ2v) is 3.34. The molecular formula is C10H13N3O2. The number of nitrogens with two attached hydrogens (primary N) is 1. The fourth-order valence-corrected chi connectivity index (χ4v) is 1.37. The molecular weight excluding hydrogens is 194 g/mol. The van der Waals surface area contributed by atoms with E-state index in [2.05, 4.69) is 4.98 Å². The molecule has 0 saturated carbocycles. The van der Waals surface area contributed by atoms with Gasteiger partial charge >= 0.3 is 0 Å². The van der Waals surface area contributed by atoms with Gasteiger partial charge in [0.05, 0.1) is 12.3 Å². The van der Waals surface area contributed by atoms with Crippen molar-refractivity contribution in [1.29, 1.82) is 0 Å². The number of likely N-dealkylation sites (N-methyl/N-ethyl adjacent to an activating group) is 1. The Morgan fingerprint density at radius 1 is 1.53 bits per heavy atom. The molecule has 1 heterocycles. The van der Waals surface area contributed by atoms with Crippen molar-refractivity contribution in [3.05, 3.63) is 18.2 Å². The third kappa shape index (κ3) is 1.73. The van der Waals surface area contributed by atoms with Crippen LogP contribution in [0.25, 0.3) is 11.1 Å². The van der Waals surface area contributed by atoms with Crippen molar-refractivity contribution >= 4 is 22.8 Å². The van der Waals surface area contributed by atoms with Crippen LogP contribution in [0.1, 0.15) is 0 Å². The molecule has 15 heavy (non-hydrogen) atoms. The minimum atomic E-state index is 0.0602. The molecule has 0 aliphatic heterocycles. The number of benzene rings is 1. The van der Waals surface area contributed by atoms with E-state index in [1.165, 1.54) is 0 Å². The Balaban J connectivity index is 2.43. The molecule has 2 aromatic rings. The summed E-state index contributed by atoms with van der Waals surface area (Å²) in [6.07, 6.45) is 0. The minimum Gasteiger partial charge on any atom is -0.423 e. The molecule has 1 aromatic carbocycles. The van der Waals surface area contributed by atoms with Gasteiger partial charge in [-0.05, 0) is 12.1 Å². The average molecular weight is 207 g/mol. The van der Waals surface area contributed by atoms with Gasteiger partial charge in [-0.2, -0.15) is 4.98 Å². The predicted molar refractivity (Wildman–Crippen MR) is 58.8 cm³/mol. The highest BCUT2D eigenvalue weighted by atomic mass is 16.4. The maximum Gasteiger partial charge on any atom is 0.298 e. The normalized spacial score (nSPS) is 10.8. The molecule has 0 amide bonds. The minimum absolute atomic E-state index is 0.0602. The van der Waals surface area contributed by atoms with Crippen molar-refractivity contribution in [3.63, 3.8) is 0 Å². The fraction of sp³-hybridized carbons (Fsp3) is 0.300. The third-order valence-corrected chi connectivity index (χ3v) is 2.20. The molecule has 0 spiro atoms. The Kier molecular flexibility index (Phi) is 2.47. The SMILES string of the molecule is CN(CCO)c1nc2c(N)cccc2o1. The summed E-state index contributed by atoms with van der Waals surface area (Å²) in [5, 5.41) is 8.79. The first-order valence-corrected chi connectivity index (χ1v) is 4.69. The number of fused-ring (bicyclic) bond motifs is 1. The van der Waals surface area contributed by atoms with Gasteiger partial charge in [0.2, 0.25) is 0 Å². The van der Waals surface area contributed by atoms with Gasteiger partial charge in [0.1, 0.15) is 5.52 Å². The van der Waals surface area contributed by atoms with Crippen molar-refractivity contribution in [2.24, 2.45) is 0 Å². The summed E-state index contributed by atoms with van der Waals surface area (Å²) >= 11 is 0. The van der Waals surface area contributed by atoms with E-state index in [4.69, 9.17) is 15.3 Å². The van der Waals surface area contributed by atoms with Crippen LogP contribution in [0.4, 0.5) is 11.7 Å². The Morgan fingerprint density at radius 2 is 2.33 bits per heavy atom. The van der Waals surface area contributed by atoms with E-state index in [-0.39, 0.29) is 6.61 Å². The molecule has 0 aliphatic rings. The summed E-state index contributed by atoms with van der Waals surface area (Å²) in [4.78, 5) is 5.99. The summed E-state index contributed by atoms with van der Waals surface area (Å²) in [5.41, 5.74) is 7.68. The average Bonchev–Trinajstić information content (AvgIpc) is 2.63. The van der Waals surface area contributed by atoms with E-state index < -0.39 is 0 Å². The highest BCUT2D eigenvalue weighted by Gasteiger charge is 2.10. The molecule has 0 fully saturated rings. The van der Waals surface area contributed by atoms with Crippen LogP contribution in [0.5, 0.6) is 0 Å². The first kappa shape index (κ1) is 9.79. The number of anilines is 2. The highest BCUT2D eigenvalue weighted by molar-refractivity contribution is 5.86. The zero-order valence-electron chi connectivity index (χ0n) is 8.47. The molecule has 1 aromatic heterocycles. The van der Waals surface area contributed by atoms with Gasteiger partial charge in [-0.15, -0.1) is 0 Å². The van der Waals surface area contributed by atoms with Crippen molar-refractivity contribution in [2.75, 3.05) is 30.8 Å². The molecule has 0 aliphatic carbocycles. The van der Waals surface area contributed by atoms with E-state index in [0.29, 0.717) is 29.3 Å². The van der Waals surface area contributed by atoms with Gasteiger partial charge in [0, 0.05) is 13.6 Å². The molecule has 0 bridgehead atoms. The zero-order valence-corrected chi connectivity index (χ0v) is 8.47. The van der Waals surface area contributed by atoms with Gasteiger partial charge in [0.15, 0.2) is 5.58 Å². The van der Waals surface area contributed by atoms with Crippen LogP contribution in [-0.2, 0) is 0 Å². The maximum absolute atomic E-state index is 8.79. The van der Waals surface area contributed by atoms with E-state index >= 15 is 0 Å². The Morgan fingerprint density at radius 3 is 3.00 bits per heavy atom. The van der Waals surface area contributed by atoms with E-state index in [0.717, 1.165) is 0 Å². The second kappa shape index (κ2) is 3.78. The third-order valence-electron chi connectivity index (χ3n) is 2.20. The first-order chi connectivity index (χ1) is 7.22. The molecule has 0 unspecified atom stereocenters. The number of aliphatic hydroxyl groups excluding tert-OH is 1. The highest BCUT2D eigenvalue weighted by Crippen LogP contribution is 2.24. The van der Waals surface area contributed by atoms with Crippen LogP contribution in [0.15, 0.2) is 22.6 Å². The number of hydrogen-bond acceptors (Lipinski definition) is 5. The monoisotopic (exact) mass is 207 g/mol. The molecule has 3 N–H and O–H groups in total. The summed E-state index contributed by atoms with van der Waals surface area (Å²) < 4.78 is 5.49. The van der Waals surface area contributed by atoms with Crippen LogP contribution < -0.4 is 10.6 Å². The van der Waals surface area contributed by atoms with Gasteiger partial charge < -0.3 is 20.2 Å². The molecule has 5 nitrogen and oxygen atoms in total. The Labute approximate surface area is 87.1 Å². The van der Waals surface area contributed by atoms with Crippen LogP contribution in [0.2, 0.25) is 0 Å². The molecule has 80 valence electrons. The Bertz CT molecular complexity index is 467. The topological polar surface area (TPSA) is 75.5 Å². The second-order valence-electron chi connectivity index (χ2n) is 3.34. The number of nitrogens with zero attached hydrogens (tertiary/aromatic N) is 2. The molecule has 2 rings (SSSR count). The largest absolute Gasteiger partial charge is 0.423 e. The van der Waals surface area contributed by atoms with Crippen molar-refractivity contribution in [2.45, 2.75) is 0 Å². The predicted octanol–water partition coefficient (Wildman–Crippen LogP) is 0.838. The van der Waals surface area contributed by atoms with E-state index in [9.17, 15) is 0 Å². The number of rotatable bonds is 3. The fourth-order valence-electron chi connectivity index (χ4n) is 1.37. The van der Waals surface area contributed by atoms with E-state index in [1.54, 1.807) is 18.0 Å². The van der Waals surface area contributed by atoms with Gasteiger partial charge in [0.25, 0.3) is 6.01 Å². The summed E-state index contributed by atoms with van der Waals surface area (Å²) in [6, 6.07) is 5.88. The van der Waals surface area contributed by atoms with Crippen LogP contribution in [0, 0.1) is 0 Å². The molecule has 0 radical (unpaired) electrons. The zero-order chi connectivity index (χ0) is 10.8. The van der Waals surface area contributed by atoms with Gasteiger partial charge in [-0.25, -0.2) is 0 Å². The number of oxazole rings is 1. The van der Waals surface area contributed by atoms with Gasteiger partial charge in [-0.1, -0.05) is 6.07 Å². The lowest BCUT2D eigenvalue weighted by Gasteiger charge is -2.11. The quantitative estimate of drug-likeness (QED) is 0.729. The summed E-state index contributed by atoms with van der Waals surface area (Å²) in [5.74, 6) is 0.